The summed E-state index contributed by atoms with van der Waals surface area (Å²) >= 11 is 0. The average molecular weight is 220 g/mol. The minimum absolute atomic E-state index is 0.0922. The zero-order valence-electron chi connectivity index (χ0n) is 8.20. The van der Waals surface area contributed by atoms with Gasteiger partial charge in [0, 0.05) is 11.8 Å². The fraction of sp³-hybridized carbons (Fsp3) is 0. The number of aromatic amines is 1. The summed E-state index contributed by atoms with van der Waals surface area (Å²) in [5.74, 6) is -0.570. The minimum atomic E-state index is -0.510. The number of aromatic nitrogens is 2. The highest BCUT2D eigenvalue weighted by molar-refractivity contribution is 6.07. The molecule has 1 heterocycles. The van der Waals surface area contributed by atoms with Gasteiger partial charge in [-0.15, -0.1) is 0 Å². The molecule has 0 radical (unpaired) electrons. The predicted molar refractivity (Wildman–Crippen MR) is 57.4 cm³/mol. The summed E-state index contributed by atoms with van der Waals surface area (Å²) in [6, 6.07) is 5.20. The van der Waals surface area contributed by atoms with Crippen molar-refractivity contribution in [2.24, 2.45) is 0 Å². The zero-order valence-corrected chi connectivity index (χ0v) is 8.20. The second kappa shape index (κ2) is 4.01. The van der Waals surface area contributed by atoms with Gasteiger partial charge in [-0.25, -0.2) is 4.39 Å². The number of amides is 1. The van der Waals surface area contributed by atoms with E-state index in [4.69, 9.17) is 5.73 Å². The number of nitrogens with two attached hydrogens (primary N) is 1. The van der Waals surface area contributed by atoms with E-state index in [0.717, 1.165) is 6.07 Å². The Balaban J connectivity index is 2.24. The Bertz CT molecular complexity index is 510. The molecular formula is C10H9FN4O. The number of nitrogen functional groups attached to an aromatic ring is 1. The lowest BCUT2D eigenvalue weighted by molar-refractivity contribution is 0.102. The molecule has 0 spiro atoms. The van der Waals surface area contributed by atoms with Crippen LogP contribution >= 0.6 is 0 Å². The number of rotatable bonds is 2. The lowest BCUT2D eigenvalue weighted by atomic mass is 10.1. The Morgan fingerprint density at radius 3 is 2.94 bits per heavy atom. The van der Waals surface area contributed by atoms with Gasteiger partial charge in [-0.1, -0.05) is 0 Å². The van der Waals surface area contributed by atoms with Crippen molar-refractivity contribution in [1.82, 2.24) is 10.2 Å². The van der Waals surface area contributed by atoms with Gasteiger partial charge in [0.15, 0.2) is 0 Å². The molecule has 1 aromatic heterocycles. The summed E-state index contributed by atoms with van der Waals surface area (Å²) in [6.07, 6.45) is 1.49. The highest BCUT2D eigenvalue weighted by Crippen LogP contribution is 2.14. The molecule has 1 amide bonds. The molecule has 2 aromatic rings. The Labute approximate surface area is 90.5 Å². The van der Waals surface area contributed by atoms with E-state index in [1.165, 1.54) is 18.3 Å². The van der Waals surface area contributed by atoms with Gasteiger partial charge in [-0.05, 0) is 18.2 Å². The van der Waals surface area contributed by atoms with Crippen molar-refractivity contribution >= 4 is 17.4 Å². The van der Waals surface area contributed by atoms with E-state index < -0.39 is 11.7 Å². The van der Waals surface area contributed by atoms with Crippen LogP contribution in [0.4, 0.5) is 15.9 Å². The minimum Gasteiger partial charge on any atom is -0.398 e. The van der Waals surface area contributed by atoms with E-state index in [9.17, 15) is 9.18 Å². The monoisotopic (exact) mass is 220 g/mol. The summed E-state index contributed by atoms with van der Waals surface area (Å²) in [7, 11) is 0. The van der Waals surface area contributed by atoms with Crippen LogP contribution < -0.4 is 11.1 Å². The van der Waals surface area contributed by atoms with Gasteiger partial charge in [-0.2, -0.15) is 5.10 Å². The van der Waals surface area contributed by atoms with E-state index in [-0.39, 0.29) is 11.3 Å². The summed E-state index contributed by atoms with van der Waals surface area (Å²) in [6.45, 7) is 0. The number of benzene rings is 1. The number of nitrogens with zero attached hydrogens (tertiary/aromatic N) is 1. The van der Waals surface area contributed by atoms with Crippen LogP contribution in [0.15, 0.2) is 30.5 Å². The molecular weight excluding hydrogens is 211 g/mol. The number of hydrogen-bond donors (Lipinski definition) is 3. The third kappa shape index (κ3) is 2.00. The van der Waals surface area contributed by atoms with Crippen LogP contribution in [0, 0.1) is 5.82 Å². The average Bonchev–Trinajstić information content (AvgIpc) is 2.74. The van der Waals surface area contributed by atoms with Crippen molar-refractivity contribution in [3.63, 3.8) is 0 Å². The third-order valence-electron chi connectivity index (χ3n) is 2.01. The number of hydrogen-bond acceptors (Lipinski definition) is 3. The standard InChI is InChI=1S/C10H9FN4O/c11-6-1-2-8(12)7(5-6)10(16)14-9-3-4-13-15-9/h1-5H,12H2,(H2,13,14,15,16). The molecule has 82 valence electrons. The number of anilines is 2. The first-order valence-corrected chi connectivity index (χ1v) is 4.52. The number of H-pyrrole nitrogens is 1. The fourth-order valence-corrected chi connectivity index (χ4v) is 1.24. The second-order valence-electron chi connectivity index (χ2n) is 3.16. The highest BCUT2D eigenvalue weighted by atomic mass is 19.1. The fourth-order valence-electron chi connectivity index (χ4n) is 1.24. The Hall–Kier alpha value is -2.37. The molecule has 1 aromatic carbocycles. The second-order valence-corrected chi connectivity index (χ2v) is 3.16. The molecule has 4 N–H and O–H groups in total. The molecule has 0 aliphatic carbocycles. The smallest absolute Gasteiger partial charge is 0.258 e. The topological polar surface area (TPSA) is 83.8 Å². The third-order valence-corrected chi connectivity index (χ3v) is 2.01. The highest BCUT2D eigenvalue weighted by Gasteiger charge is 2.11. The summed E-state index contributed by atoms with van der Waals surface area (Å²) in [5, 5.41) is 8.72. The lowest BCUT2D eigenvalue weighted by Crippen LogP contribution is -2.14. The van der Waals surface area contributed by atoms with Gasteiger partial charge in [0.25, 0.3) is 5.91 Å². The zero-order chi connectivity index (χ0) is 11.5. The molecule has 0 saturated carbocycles. The van der Waals surface area contributed by atoms with E-state index in [1.807, 2.05) is 0 Å². The van der Waals surface area contributed by atoms with Gasteiger partial charge in [-0.3, -0.25) is 9.89 Å². The summed E-state index contributed by atoms with van der Waals surface area (Å²) in [5.41, 5.74) is 5.88. The van der Waals surface area contributed by atoms with Crippen LogP contribution in [0.25, 0.3) is 0 Å². The molecule has 16 heavy (non-hydrogen) atoms. The van der Waals surface area contributed by atoms with Crippen LogP contribution in [0.1, 0.15) is 10.4 Å². The van der Waals surface area contributed by atoms with Gasteiger partial charge < -0.3 is 11.1 Å². The predicted octanol–water partition coefficient (Wildman–Crippen LogP) is 1.38. The number of carbonyl (C=O) groups is 1. The first kappa shape index (κ1) is 10.2. The van der Waals surface area contributed by atoms with Gasteiger partial charge in [0.05, 0.1) is 11.8 Å². The number of carbonyl (C=O) groups excluding carboxylic acids is 1. The van der Waals surface area contributed by atoms with Gasteiger partial charge in [0.2, 0.25) is 0 Å². The van der Waals surface area contributed by atoms with E-state index in [0.29, 0.717) is 5.82 Å². The number of halogens is 1. The molecule has 0 bridgehead atoms. The molecule has 5 nitrogen and oxygen atoms in total. The van der Waals surface area contributed by atoms with E-state index >= 15 is 0 Å². The largest absolute Gasteiger partial charge is 0.398 e. The van der Waals surface area contributed by atoms with Crippen molar-refractivity contribution in [2.45, 2.75) is 0 Å². The molecule has 0 aliphatic heterocycles. The summed E-state index contributed by atoms with van der Waals surface area (Å²) < 4.78 is 12.9. The van der Waals surface area contributed by atoms with Crippen molar-refractivity contribution in [2.75, 3.05) is 11.1 Å². The lowest BCUT2D eigenvalue weighted by Gasteiger charge is -2.05. The van der Waals surface area contributed by atoms with Crippen LogP contribution in [0.3, 0.4) is 0 Å². The maximum absolute atomic E-state index is 12.9. The Morgan fingerprint density at radius 2 is 2.25 bits per heavy atom. The summed E-state index contributed by atoms with van der Waals surface area (Å²) in [4.78, 5) is 11.7. The molecule has 6 heteroatoms. The van der Waals surface area contributed by atoms with Crippen LogP contribution in [-0.2, 0) is 0 Å². The molecule has 0 saturated heterocycles. The molecule has 0 unspecified atom stereocenters. The quantitative estimate of drug-likeness (QED) is 0.668. The Morgan fingerprint density at radius 1 is 1.44 bits per heavy atom. The van der Waals surface area contributed by atoms with E-state index in [1.54, 1.807) is 6.07 Å². The van der Waals surface area contributed by atoms with Crippen molar-refractivity contribution in [1.29, 1.82) is 0 Å². The van der Waals surface area contributed by atoms with Crippen molar-refractivity contribution in [3.8, 4) is 0 Å². The number of nitrogens with one attached hydrogen (secondary N) is 2. The van der Waals surface area contributed by atoms with Crippen molar-refractivity contribution < 1.29 is 9.18 Å². The maximum Gasteiger partial charge on any atom is 0.258 e. The Kier molecular flexibility index (Phi) is 2.55. The van der Waals surface area contributed by atoms with Gasteiger partial charge in [0.1, 0.15) is 11.6 Å². The molecule has 0 fully saturated rings. The molecule has 2 rings (SSSR count). The molecule has 0 aliphatic rings. The van der Waals surface area contributed by atoms with Crippen LogP contribution in [0.5, 0.6) is 0 Å². The van der Waals surface area contributed by atoms with Gasteiger partial charge >= 0.3 is 0 Å². The van der Waals surface area contributed by atoms with Crippen LogP contribution in [0.2, 0.25) is 0 Å². The van der Waals surface area contributed by atoms with E-state index in [2.05, 4.69) is 15.5 Å². The maximum atomic E-state index is 12.9. The first-order valence-electron chi connectivity index (χ1n) is 4.52. The first-order chi connectivity index (χ1) is 7.66. The van der Waals surface area contributed by atoms with Crippen LogP contribution in [-0.4, -0.2) is 16.1 Å². The SMILES string of the molecule is Nc1ccc(F)cc1C(=O)Nc1ccn[nH]1. The normalized spacial score (nSPS) is 10.1. The molecule has 0 atom stereocenters. The van der Waals surface area contributed by atoms with Crippen molar-refractivity contribution in [3.05, 3.63) is 41.8 Å².